The highest BCUT2D eigenvalue weighted by atomic mass is 32.2. The van der Waals surface area contributed by atoms with Crippen molar-refractivity contribution in [1.82, 2.24) is 4.31 Å². The summed E-state index contributed by atoms with van der Waals surface area (Å²) in [7, 11) is -4.59. The highest BCUT2D eigenvalue weighted by Gasteiger charge is 2.22. The number of methoxy groups -OCH3 is 1. The molecule has 0 bridgehead atoms. The molecule has 1 rings (SSSR count). The first kappa shape index (κ1) is 18.6. The van der Waals surface area contributed by atoms with Crippen LogP contribution in [0.25, 0.3) is 0 Å². The SMILES string of the molecule is CCS(=O)(=O)c1ccc(S(=O)(=O)N(C)CCC(=O)OC)cc1. The second kappa shape index (κ2) is 7.21. The molecule has 0 heterocycles. The topological polar surface area (TPSA) is 97.8 Å². The number of esters is 1. The standard InChI is InChI=1S/C13H19NO6S2/c1-4-21(16,17)11-5-7-12(8-6-11)22(18,19)14(2)10-9-13(15)20-3/h5-8H,4,9-10H2,1-3H3. The van der Waals surface area contributed by atoms with Gasteiger partial charge in [0.1, 0.15) is 0 Å². The molecule has 0 fully saturated rings. The number of hydrogen-bond donors (Lipinski definition) is 0. The van der Waals surface area contributed by atoms with Gasteiger partial charge in [-0.05, 0) is 24.3 Å². The highest BCUT2D eigenvalue weighted by molar-refractivity contribution is 7.91. The fourth-order valence-electron chi connectivity index (χ4n) is 1.64. The molecule has 22 heavy (non-hydrogen) atoms. The summed E-state index contributed by atoms with van der Waals surface area (Å²) in [6, 6.07) is 5.01. The largest absolute Gasteiger partial charge is 0.469 e. The van der Waals surface area contributed by atoms with Crippen molar-refractivity contribution in [3.05, 3.63) is 24.3 Å². The molecule has 0 N–H and O–H groups in total. The molecule has 7 nitrogen and oxygen atoms in total. The lowest BCUT2D eigenvalue weighted by Gasteiger charge is -2.16. The van der Waals surface area contributed by atoms with Crippen LogP contribution in [0.15, 0.2) is 34.1 Å². The first-order valence-electron chi connectivity index (χ1n) is 6.51. The van der Waals surface area contributed by atoms with Gasteiger partial charge >= 0.3 is 5.97 Å². The molecule has 0 aliphatic carbocycles. The first-order chi connectivity index (χ1) is 10.1. The Bertz CT molecular complexity index is 722. The number of sulfonamides is 1. The molecule has 0 aliphatic heterocycles. The molecular weight excluding hydrogens is 330 g/mol. The number of carbonyl (C=O) groups excluding carboxylic acids is 1. The number of hydrogen-bond acceptors (Lipinski definition) is 6. The molecule has 0 aliphatic rings. The zero-order chi connectivity index (χ0) is 17.0. The van der Waals surface area contributed by atoms with Crippen LogP contribution in [-0.4, -0.2) is 53.6 Å². The third-order valence-electron chi connectivity index (χ3n) is 3.13. The van der Waals surface area contributed by atoms with Crippen molar-refractivity contribution in [2.75, 3.05) is 26.5 Å². The molecule has 1 aromatic carbocycles. The van der Waals surface area contributed by atoms with Gasteiger partial charge in [0.15, 0.2) is 9.84 Å². The smallest absolute Gasteiger partial charge is 0.306 e. The molecule has 0 radical (unpaired) electrons. The number of sulfone groups is 1. The van der Waals surface area contributed by atoms with Gasteiger partial charge in [-0.1, -0.05) is 6.92 Å². The lowest BCUT2D eigenvalue weighted by Crippen LogP contribution is -2.29. The number of benzene rings is 1. The Kier molecular flexibility index (Phi) is 6.09. The average Bonchev–Trinajstić information content (AvgIpc) is 2.52. The summed E-state index contributed by atoms with van der Waals surface area (Å²) in [6.07, 6.45) is -0.0610. The van der Waals surface area contributed by atoms with Crippen LogP contribution in [0.5, 0.6) is 0 Å². The Morgan fingerprint density at radius 1 is 1.09 bits per heavy atom. The quantitative estimate of drug-likeness (QED) is 0.671. The maximum Gasteiger partial charge on any atom is 0.306 e. The molecule has 0 saturated carbocycles. The Labute approximate surface area is 130 Å². The van der Waals surface area contributed by atoms with Crippen molar-refractivity contribution in [2.45, 2.75) is 23.1 Å². The predicted octanol–water partition coefficient (Wildman–Crippen LogP) is 0.664. The lowest BCUT2D eigenvalue weighted by molar-refractivity contribution is -0.140. The van der Waals surface area contributed by atoms with E-state index in [0.717, 1.165) is 4.31 Å². The second-order valence-electron chi connectivity index (χ2n) is 4.53. The minimum Gasteiger partial charge on any atom is -0.469 e. The van der Waals surface area contributed by atoms with E-state index in [1.807, 2.05) is 0 Å². The van der Waals surface area contributed by atoms with Gasteiger partial charge in [-0.15, -0.1) is 0 Å². The van der Waals surface area contributed by atoms with Crippen molar-refractivity contribution in [3.8, 4) is 0 Å². The summed E-state index contributed by atoms with van der Waals surface area (Å²) in [5.41, 5.74) is 0. The molecule has 1 aromatic rings. The van der Waals surface area contributed by atoms with E-state index in [9.17, 15) is 21.6 Å². The number of rotatable bonds is 7. The number of carbonyl (C=O) groups is 1. The van der Waals surface area contributed by atoms with Gasteiger partial charge < -0.3 is 4.74 Å². The van der Waals surface area contributed by atoms with E-state index in [1.165, 1.54) is 45.3 Å². The zero-order valence-corrected chi connectivity index (χ0v) is 14.3. The molecular formula is C13H19NO6S2. The third kappa shape index (κ3) is 4.28. The molecule has 0 unspecified atom stereocenters. The Morgan fingerprint density at radius 2 is 1.59 bits per heavy atom. The average molecular weight is 349 g/mol. The maximum atomic E-state index is 12.3. The van der Waals surface area contributed by atoms with Gasteiger partial charge in [0.05, 0.1) is 29.1 Å². The van der Waals surface area contributed by atoms with Crippen LogP contribution >= 0.6 is 0 Å². The summed E-state index contributed by atoms with van der Waals surface area (Å²) in [4.78, 5) is 11.1. The minimum absolute atomic E-state index is 0.0238. The van der Waals surface area contributed by atoms with Crippen molar-refractivity contribution in [2.24, 2.45) is 0 Å². The van der Waals surface area contributed by atoms with Crippen LogP contribution in [0.3, 0.4) is 0 Å². The summed E-state index contributed by atoms with van der Waals surface area (Å²) in [6.45, 7) is 1.49. The fraction of sp³-hybridized carbons (Fsp3) is 0.462. The summed E-state index contributed by atoms with van der Waals surface area (Å²) in [5, 5.41) is 0. The van der Waals surface area contributed by atoms with Gasteiger partial charge in [-0.25, -0.2) is 21.1 Å². The molecule has 9 heteroatoms. The van der Waals surface area contributed by atoms with Crippen molar-refractivity contribution in [3.63, 3.8) is 0 Å². The van der Waals surface area contributed by atoms with E-state index in [1.54, 1.807) is 0 Å². The van der Waals surface area contributed by atoms with Crippen LogP contribution in [0.1, 0.15) is 13.3 Å². The number of ether oxygens (including phenoxy) is 1. The van der Waals surface area contributed by atoms with Gasteiger partial charge in [-0.2, -0.15) is 0 Å². The minimum atomic E-state index is -3.78. The van der Waals surface area contributed by atoms with E-state index in [4.69, 9.17) is 0 Å². The zero-order valence-electron chi connectivity index (χ0n) is 12.6. The Hall–Kier alpha value is -1.45. The predicted molar refractivity (Wildman–Crippen MR) is 80.6 cm³/mol. The monoisotopic (exact) mass is 349 g/mol. The third-order valence-corrected chi connectivity index (χ3v) is 6.75. The van der Waals surface area contributed by atoms with Crippen LogP contribution in [0.4, 0.5) is 0 Å². The first-order valence-corrected chi connectivity index (χ1v) is 9.60. The van der Waals surface area contributed by atoms with E-state index >= 15 is 0 Å². The van der Waals surface area contributed by atoms with Crippen molar-refractivity contribution < 1.29 is 26.4 Å². The molecule has 0 amide bonds. The molecule has 0 saturated heterocycles. The lowest BCUT2D eigenvalue weighted by atomic mass is 10.4. The van der Waals surface area contributed by atoms with Crippen molar-refractivity contribution in [1.29, 1.82) is 0 Å². The molecule has 0 atom stereocenters. The molecule has 124 valence electrons. The van der Waals surface area contributed by atoms with Gasteiger partial charge in [0.25, 0.3) is 0 Å². The van der Waals surface area contributed by atoms with E-state index in [2.05, 4.69) is 4.74 Å². The Morgan fingerprint density at radius 3 is 2.05 bits per heavy atom. The van der Waals surface area contributed by atoms with Gasteiger partial charge in [0, 0.05) is 13.6 Å². The van der Waals surface area contributed by atoms with E-state index < -0.39 is 25.8 Å². The maximum absolute atomic E-state index is 12.3. The normalized spacial score (nSPS) is 12.4. The van der Waals surface area contributed by atoms with E-state index in [0.29, 0.717) is 0 Å². The van der Waals surface area contributed by atoms with Crippen LogP contribution in [-0.2, 0) is 29.4 Å². The molecule has 0 aromatic heterocycles. The van der Waals surface area contributed by atoms with Gasteiger partial charge in [-0.3, -0.25) is 4.79 Å². The highest BCUT2D eigenvalue weighted by Crippen LogP contribution is 2.18. The Balaban J connectivity index is 2.97. The van der Waals surface area contributed by atoms with Crippen LogP contribution in [0, 0.1) is 0 Å². The second-order valence-corrected chi connectivity index (χ2v) is 8.85. The van der Waals surface area contributed by atoms with Crippen LogP contribution in [0.2, 0.25) is 0 Å². The number of nitrogens with zero attached hydrogens (tertiary/aromatic N) is 1. The van der Waals surface area contributed by atoms with Gasteiger partial charge in [0.2, 0.25) is 10.0 Å². The van der Waals surface area contributed by atoms with E-state index in [-0.39, 0.29) is 28.5 Å². The summed E-state index contributed by atoms with van der Waals surface area (Å²) in [5.74, 6) is -0.565. The van der Waals surface area contributed by atoms with Crippen LogP contribution < -0.4 is 0 Å². The summed E-state index contributed by atoms with van der Waals surface area (Å²) >= 11 is 0. The fourth-order valence-corrected chi connectivity index (χ4v) is 3.69. The van der Waals surface area contributed by atoms with Crippen molar-refractivity contribution >= 4 is 25.8 Å². The molecule has 0 spiro atoms. The summed E-state index contributed by atoms with van der Waals surface area (Å²) < 4.78 is 53.4.